The molecule has 2 N–H and O–H groups in total. The van der Waals surface area contributed by atoms with Crippen LogP contribution in [0.3, 0.4) is 0 Å². The Labute approximate surface area is 114 Å². The lowest BCUT2D eigenvalue weighted by atomic mass is 10.1. The molecule has 0 fully saturated rings. The monoisotopic (exact) mass is 275 g/mol. The second kappa shape index (κ2) is 9.75. The molecule has 2 atom stereocenters. The van der Waals surface area contributed by atoms with Gasteiger partial charge in [0.1, 0.15) is 12.1 Å². The van der Waals surface area contributed by atoms with Gasteiger partial charge in [-0.3, -0.25) is 4.79 Å². The quantitative estimate of drug-likeness (QED) is 0.622. The molecule has 0 aromatic heterocycles. The van der Waals surface area contributed by atoms with E-state index in [4.69, 9.17) is 14.6 Å². The summed E-state index contributed by atoms with van der Waals surface area (Å²) in [6, 6.07) is -0.941. The fourth-order valence-electron chi connectivity index (χ4n) is 1.34. The minimum atomic E-state index is -1.07. The number of aliphatic carboxylic acids is 1. The molecule has 0 heterocycles. The molecule has 6 heteroatoms. The Morgan fingerprint density at radius 1 is 1.16 bits per heavy atom. The van der Waals surface area contributed by atoms with Crippen LogP contribution in [0.4, 0.5) is 0 Å². The number of nitrogens with one attached hydrogen (secondary N) is 1. The van der Waals surface area contributed by atoms with E-state index < -0.39 is 24.0 Å². The summed E-state index contributed by atoms with van der Waals surface area (Å²) < 4.78 is 10.2. The molecule has 0 bridgehead atoms. The Hall–Kier alpha value is -1.14. The number of hydrogen-bond donors (Lipinski definition) is 2. The molecule has 0 aliphatic heterocycles. The summed E-state index contributed by atoms with van der Waals surface area (Å²) in [5.74, 6) is -0.976. The zero-order chi connectivity index (χ0) is 14.8. The predicted molar refractivity (Wildman–Crippen MR) is 70.9 cm³/mol. The molecule has 0 aliphatic rings. The zero-order valence-corrected chi connectivity index (χ0v) is 12.1. The third kappa shape index (κ3) is 8.56. The van der Waals surface area contributed by atoms with Crippen LogP contribution in [-0.2, 0) is 19.1 Å². The van der Waals surface area contributed by atoms with Crippen LogP contribution in [0.1, 0.15) is 33.6 Å². The zero-order valence-electron chi connectivity index (χ0n) is 12.1. The minimum absolute atomic E-state index is 0.232. The number of rotatable bonds is 10. The molecule has 0 saturated carbocycles. The molecule has 0 radical (unpaired) electrons. The minimum Gasteiger partial charge on any atom is -0.480 e. The number of hydrogen-bond acceptors (Lipinski definition) is 4. The summed E-state index contributed by atoms with van der Waals surface area (Å²) >= 11 is 0. The highest BCUT2D eigenvalue weighted by molar-refractivity contribution is 5.86. The Kier molecular flexibility index (Phi) is 9.16. The molecule has 0 saturated heterocycles. The van der Waals surface area contributed by atoms with Crippen molar-refractivity contribution in [1.29, 1.82) is 0 Å². The number of carboxylic acids is 1. The van der Waals surface area contributed by atoms with Gasteiger partial charge in [-0.25, -0.2) is 4.79 Å². The first-order valence-corrected chi connectivity index (χ1v) is 6.52. The number of amides is 1. The molecule has 19 heavy (non-hydrogen) atoms. The van der Waals surface area contributed by atoms with E-state index >= 15 is 0 Å². The molecular formula is C13H25NO5. The SMILES string of the molecule is COCCC(NC(=O)C(C)OCCC(C)C)C(=O)O. The average Bonchev–Trinajstić information content (AvgIpc) is 2.33. The number of methoxy groups -OCH3 is 1. The van der Waals surface area contributed by atoms with Crippen LogP contribution in [0.15, 0.2) is 0 Å². The summed E-state index contributed by atoms with van der Waals surface area (Å²) in [7, 11) is 1.48. The third-order valence-corrected chi connectivity index (χ3v) is 2.66. The number of carboxylic acid groups (broad SMARTS) is 1. The van der Waals surface area contributed by atoms with Crippen molar-refractivity contribution in [3.63, 3.8) is 0 Å². The fourth-order valence-corrected chi connectivity index (χ4v) is 1.34. The van der Waals surface area contributed by atoms with E-state index in [2.05, 4.69) is 19.2 Å². The van der Waals surface area contributed by atoms with E-state index in [9.17, 15) is 9.59 Å². The lowest BCUT2D eigenvalue weighted by molar-refractivity contribution is -0.144. The first-order valence-electron chi connectivity index (χ1n) is 6.52. The van der Waals surface area contributed by atoms with Gasteiger partial charge in [0.25, 0.3) is 0 Å². The molecule has 112 valence electrons. The molecule has 0 aromatic carbocycles. The second-order valence-electron chi connectivity index (χ2n) is 4.88. The highest BCUT2D eigenvalue weighted by Crippen LogP contribution is 2.02. The summed E-state index contributed by atoms with van der Waals surface area (Å²) in [6.07, 6.45) is 0.447. The number of carbonyl (C=O) groups excluding carboxylic acids is 1. The van der Waals surface area contributed by atoms with Crippen LogP contribution < -0.4 is 5.32 Å². The molecule has 6 nitrogen and oxygen atoms in total. The molecular weight excluding hydrogens is 250 g/mol. The summed E-state index contributed by atoms with van der Waals surface area (Å²) in [5.41, 5.74) is 0. The van der Waals surface area contributed by atoms with Crippen molar-refractivity contribution < 1.29 is 24.2 Å². The van der Waals surface area contributed by atoms with Crippen molar-refractivity contribution in [2.24, 2.45) is 5.92 Å². The van der Waals surface area contributed by atoms with Crippen LogP contribution in [0.2, 0.25) is 0 Å². The maximum atomic E-state index is 11.8. The van der Waals surface area contributed by atoms with Gasteiger partial charge in [0, 0.05) is 26.7 Å². The van der Waals surface area contributed by atoms with E-state index in [1.54, 1.807) is 6.92 Å². The highest BCUT2D eigenvalue weighted by Gasteiger charge is 2.22. The van der Waals surface area contributed by atoms with Crippen molar-refractivity contribution in [2.45, 2.75) is 45.8 Å². The predicted octanol–water partition coefficient (Wildman–Crippen LogP) is 1.04. The van der Waals surface area contributed by atoms with Crippen molar-refractivity contribution in [3.05, 3.63) is 0 Å². The Bertz CT molecular complexity index is 280. The van der Waals surface area contributed by atoms with Gasteiger partial charge in [0.05, 0.1) is 0 Å². The summed E-state index contributed by atoms with van der Waals surface area (Å²) in [4.78, 5) is 22.7. The maximum Gasteiger partial charge on any atom is 0.326 e. The Morgan fingerprint density at radius 3 is 2.26 bits per heavy atom. The van der Waals surface area contributed by atoms with Gasteiger partial charge < -0.3 is 19.9 Å². The summed E-state index contributed by atoms with van der Waals surface area (Å²) in [5, 5.41) is 11.4. The molecule has 0 spiro atoms. The van der Waals surface area contributed by atoms with Crippen molar-refractivity contribution in [2.75, 3.05) is 20.3 Å². The molecule has 0 aromatic rings. The Balaban J connectivity index is 4.12. The molecule has 0 aliphatic carbocycles. The number of carbonyl (C=O) groups is 2. The van der Waals surface area contributed by atoms with E-state index in [0.29, 0.717) is 12.5 Å². The van der Waals surface area contributed by atoms with Crippen LogP contribution >= 0.6 is 0 Å². The molecule has 0 rings (SSSR count). The van der Waals surface area contributed by atoms with Crippen LogP contribution in [0.5, 0.6) is 0 Å². The standard InChI is InChI=1S/C13H25NO5/c1-9(2)5-8-19-10(3)12(15)14-11(13(16)17)6-7-18-4/h9-11H,5-8H2,1-4H3,(H,14,15)(H,16,17). The largest absolute Gasteiger partial charge is 0.480 e. The topological polar surface area (TPSA) is 84.9 Å². The van der Waals surface area contributed by atoms with Crippen molar-refractivity contribution in [1.82, 2.24) is 5.32 Å². The van der Waals surface area contributed by atoms with Gasteiger partial charge in [-0.2, -0.15) is 0 Å². The van der Waals surface area contributed by atoms with Gasteiger partial charge >= 0.3 is 5.97 Å². The van der Waals surface area contributed by atoms with Crippen LogP contribution in [0.25, 0.3) is 0 Å². The number of ether oxygens (including phenoxy) is 2. The third-order valence-electron chi connectivity index (χ3n) is 2.66. The van der Waals surface area contributed by atoms with Crippen molar-refractivity contribution >= 4 is 11.9 Å². The van der Waals surface area contributed by atoms with E-state index in [-0.39, 0.29) is 13.0 Å². The van der Waals surface area contributed by atoms with Gasteiger partial charge in [0.15, 0.2) is 0 Å². The lowest BCUT2D eigenvalue weighted by Gasteiger charge is -2.18. The lowest BCUT2D eigenvalue weighted by Crippen LogP contribution is -2.46. The van der Waals surface area contributed by atoms with Crippen LogP contribution in [-0.4, -0.2) is 49.5 Å². The van der Waals surface area contributed by atoms with Gasteiger partial charge in [0.2, 0.25) is 5.91 Å². The molecule has 1 amide bonds. The van der Waals surface area contributed by atoms with Crippen LogP contribution in [0, 0.1) is 5.92 Å². The van der Waals surface area contributed by atoms with E-state index in [1.165, 1.54) is 7.11 Å². The Morgan fingerprint density at radius 2 is 1.79 bits per heavy atom. The van der Waals surface area contributed by atoms with E-state index in [0.717, 1.165) is 6.42 Å². The van der Waals surface area contributed by atoms with Gasteiger partial charge in [-0.15, -0.1) is 0 Å². The van der Waals surface area contributed by atoms with Gasteiger partial charge in [-0.05, 0) is 19.3 Å². The molecule has 2 unspecified atom stereocenters. The highest BCUT2D eigenvalue weighted by atomic mass is 16.5. The maximum absolute atomic E-state index is 11.8. The fraction of sp³-hybridized carbons (Fsp3) is 0.846. The first-order chi connectivity index (χ1) is 8.88. The normalized spacial score (nSPS) is 14.2. The second-order valence-corrected chi connectivity index (χ2v) is 4.88. The smallest absolute Gasteiger partial charge is 0.326 e. The van der Waals surface area contributed by atoms with Gasteiger partial charge in [-0.1, -0.05) is 13.8 Å². The first kappa shape index (κ1) is 17.9. The van der Waals surface area contributed by atoms with Crippen molar-refractivity contribution in [3.8, 4) is 0 Å². The average molecular weight is 275 g/mol. The summed E-state index contributed by atoms with van der Waals surface area (Å²) in [6.45, 7) is 6.52. The van der Waals surface area contributed by atoms with E-state index in [1.807, 2.05) is 0 Å².